The molecule has 134 valence electrons. The lowest BCUT2D eigenvalue weighted by atomic mass is 9.97. The summed E-state index contributed by atoms with van der Waals surface area (Å²) in [5.41, 5.74) is 6.69. The van der Waals surface area contributed by atoms with Gasteiger partial charge in [-0.2, -0.15) is 4.98 Å². The van der Waals surface area contributed by atoms with E-state index in [1.165, 1.54) is 7.11 Å². The number of rotatable bonds is 5. The van der Waals surface area contributed by atoms with Crippen LogP contribution in [-0.2, 0) is 9.53 Å². The van der Waals surface area contributed by atoms with Crippen LogP contribution in [-0.4, -0.2) is 53.8 Å². The summed E-state index contributed by atoms with van der Waals surface area (Å²) in [4.78, 5) is 18.6. The zero-order valence-corrected chi connectivity index (χ0v) is 14.8. The number of nitrogens with two attached hydrogens (primary N) is 1. The number of methoxy groups -OCH3 is 1. The van der Waals surface area contributed by atoms with Crippen LogP contribution in [0.4, 0.5) is 0 Å². The summed E-state index contributed by atoms with van der Waals surface area (Å²) >= 11 is 5.90. The van der Waals surface area contributed by atoms with Crippen LogP contribution in [0.15, 0.2) is 28.8 Å². The summed E-state index contributed by atoms with van der Waals surface area (Å²) in [6.45, 7) is 1.42. The van der Waals surface area contributed by atoms with Crippen LogP contribution in [0.1, 0.15) is 24.7 Å². The quantitative estimate of drug-likeness (QED) is 0.872. The van der Waals surface area contributed by atoms with Crippen molar-refractivity contribution in [2.75, 3.05) is 26.8 Å². The molecule has 0 saturated carbocycles. The van der Waals surface area contributed by atoms with Crippen molar-refractivity contribution in [3.8, 4) is 11.4 Å². The summed E-state index contributed by atoms with van der Waals surface area (Å²) in [7, 11) is 1.53. The maximum atomic E-state index is 12.4. The van der Waals surface area contributed by atoms with Gasteiger partial charge in [0, 0.05) is 30.8 Å². The second kappa shape index (κ2) is 7.95. The van der Waals surface area contributed by atoms with E-state index in [0.717, 1.165) is 18.4 Å². The van der Waals surface area contributed by atoms with E-state index in [4.69, 9.17) is 26.6 Å². The molecule has 2 atom stereocenters. The fourth-order valence-electron chi connectivity index (χ4n) is 2.98. The van der Waals surface area contributed by atoms with E-state index in [2.05, 4.69) is 10.1 Å². The normalized spacial score (nSPS) is 19.0. The van der Waals surface area contributed by atoms with E-state index >= 15 is 0 Å². The predicted molar refractivity (Wildman–Crippen MR) is 93.2 cm³/mol. The van der Waals surface area contributed by atoms with E-state index in [-0.39, 0.29) is 18.4 Å². The molecular weight excluding hydrogens is 344 g/mol. The highest BCUT2D eigenvalue weighted by Gasteiger charge is 2.30. The first-order chi connectivity index (χ1) is 12.1. The van der Waals surface area contributed by atoms with Gasteiger partial charge in [-0.1, -0.05) is 16.8 Å². The fourth-order valence-corrected chi connectivity index (χ4v) is 3.11. The Morgan fingerprint density at radius 3 is 2.96 bits per heavy atom. The van der Waals surface area contributed by atoms with Crippen LogP contribution in [0.3, 0.4) is 0 Å². The van der Waals surface area contributed by atoms with Gasteiger partial charge in [-0.3, -0.25) is 4.79 Å². The molecule has 0 aliphatic carbocycles. The standard InChI is InChI=1S/C17H21ClN4O3/c1-24-10-14(19)17(23)22-8-2-3-12(9-22)16-20-15(21-25-16)11-4-6-13(18)7-5-11/h4-7,12,14H,2-3,8-10,19H2,1H3. The third-order valence-corrected chi connectivity index (χ3v) is 4.54. The number of hydrogen-bond donors (Lipinski definition) is 1. The molecule has 7 nitrogen and oxygen atoms in total. The number of halogens is 1. The molecule has 3 rings (SSSR count). The van der Waals surface area contributed by atoms with Gasteiger partial charge in [0.2, 0.25) is 17.6 Å². The number of nitrogens with zero attached hydrogens (tertiary/aromatic N) is 3. The van der Waals surface area contributed by atoms with Crippen molar-refractivity contribution in [3.63, 3.8) is 0 Å². The molecule has 1 aliphatic heterocycles. The van der Waals surface area contributed by atoms with Crippen molar-refractivity contribution < 1.29 is 14.1 Å². The van der Waals surface area contributed by atoms with Crippen LogP contribution in [0.2, 0.25) is 5.02 Å². The Bertz CT molecular complexity index is 719. The molecular formula is C17H21ClN4O3. The number of ether oxygens (including phenoxy) is 1. The number of carbonyl (C=O) groups is 1. The highest BCUT2D eigenvalue weighted by Crippen LogP contribution is 2.28. The number of carbonyl (C=O) groups excluding carboxylic acids is 1. The van der Waals surface area contributed by atoms with E-state index in [9.17, 15) is 4.79 Å². The van der Waals surface area contributed by atoms with Gasteiger partial charge in [0.25, 0.3) is 0 Å². The highest BCUT2D eigenvalue weighted by atomic mass is 35.5. The Balaban J connectivity index is 1.70. The average molecular weight is 365 g/mol. The summed E-state index contributed by atoms with van der Waals surface area (Å²) in [5, 5.41) is 4.70. The molecule has 1 amide bonds. The predicted octanol–water partition coefficient (Wildman–Crippen LogP) is 2.07. The molecule has 1 fully saturated rings. The van der Waals surface area contributed by atoms with Gasteiger partial charge in [0.15, 0.2) is 0 Å². The molecule has 0 radical (unpaired) electrons. The van der Waals surface area contributed by atoms with Crippen molar-refractivity contribution >= 4 is 17.5 Å². The van der Waals surface area contributed by atoms with Crippen LogP contribution in [0.25, 0.3) is 11.4 Å². The Morgan fingerprint density at radius 1 is 1.48 bits per heavy atom. The number of benzene rings is 1. The maximum Gasteiger partial charge on any atom is 0.241 e. The first kappa shape index (κ1) is 17.8. The van der Waals surface area contributed by atoms with Crippen molar-refractivity contribution in [2.24, 2.45) is 5.73 Å². The van der Waals surface area contributed by atoms with Gasteiger partial charge in [-0.25, -0.2) is 0 Å². The zero-order valence-electron chi connectivity index (χ0n) is 14.0. The van der Waals surface area contributed by atoms with Crippen molar-refractivity contribution in [2.45, 2.75) is 24.8 Å². The third kappa shape index (κ3) is 4.18. The summed E-state index contributed by atoms with van der Waals surface area (Å²) in [5.74, 6) is 0.971. The zero-order chi connectivity index (χ0) is 17.8. The Kier molecular flexibility index (Phi) is 5.67. The third-order valence-electron chi connectivity index (χ3n) is 4.29. The molecule has 2 aromatic rings. The van der Waals surface area contributed by atoms with E-state index in [0.29, 0.717) is 29.8 Å². The molecule has 2 unspecified atom stereocenters. The summed E-state index contributed by atoms with van der Waals surface area (Å²) in [6, 6.07) is 6.61. The average Bonchev–Trinajstić information content (AvgIpc) is 3.12. The number of aromatic nitrogens is 2. The van der Waals surface area contributed by atoms with Gasteiger partial charge in [-0.05, 0) is 37.1 Å². The molecule has 2 heterocycles. The number of piperidine rings is 1. The van der Waals surface area contributed by atoms with E-state index < -0.39 is 6.04 Å². The minimum Gasteiger partial charge on any atom is -0.383 e. The molecule has 1 saturated heterocycles. The van der Waals surface area contributed by atoms with Crippen LogP contribution in [0, 0.1) is 0 Å². The second-order valence-corrected chi connectivity index (χ2v) is 6.58. The topological polar surface area (TPSA) is 94.5 Å². The minimum absolute atomic E-state index is 0.0148. The maximum absolute atomic E-state index is 12.4. The van der Waals surface area contributed by atoms with Crippen LogP contribution < -0.4 is 5.73 Å². The second-order valence-electron chi connectivity index (χ2n) is 6.15. The van der Waals surface area contributed by atoms with Gasteiger partial charge in [0.1, 0.15) is 6.04 Å². The van der Waals surface area contributed by atoms with E-state index in [1.54, 1.807) is 17.0 Å². The van der Waals surface area contributed by atoms with Crippen LogP contribution >= 0.6 is 11.6 Å². The van der Waals surface area contributed by atoms with Gasteiger partial charge in [-0.15, -0.1) is 0 Å². The van der Waals surface area contributed by atoms with Gasteiger partial charge in [0.05, 0.1) is 12.5 Å². The van der Waals surface area contributed by atoms with Crippen LogP contribution in [0.5, 0.6) is 0 Å². The van der Waals surface area contributed by atoms with E-state index in [1.807, 2.05) is 12.1 Å². The first-order valence-corrected chi connectivity index (χ1v) is 8.59. The monoisotopic (exact) mass is 364 g/mol. The first-order valence-electron chi connectivity index (χ1n) is 8.21. The smallest absolute Gasteiger partial charge is 0.241 e. The van der Waals surface area contributed by atoms with Crippen molar-refractivity contribution in [1.29, 1.82) is 0 Å². The highest BCUT2D eigenvalue weighted by molar-refractivity contribution is 6.30. The molecule has 0 spiro atoms. The summed E-state index contributed by atoms with van der Waals surface area (Å²) < 4.78 is 10.4. The molecule has 2 N–H and O–H groups in total. The molecule has 1 aromatic carbocycles. The Morgan fingerprint density at radius 2 is 2.24 bits per heavy atom. The van der Waals surface area contributed by atoms with Crippen molar-refractivity contribution in [3.05, 3.63) is 35.2 Å². The molecule has 1 aromatic heterocycles. The number of hydrogen-bond acceptors (Lipinski definition) is 6. The Labute approximate surface area is 151 Å². The lowest BCUT2D eigenvalue weighted by Crippen LogP contribution is -2.49. The van der Waals surface area contributed by atoms with Gasteiger partial charge >= 0.3 is 0 Å². The lowest BCUT2D eigenvalue weighted by Gasteiger charge is -2.32. The SMILES string of the molecule is COCC(N)C(=O)N1CCCC(c2nc(-c3ccc(Cl)cc3)no2)C1. The largest absolute Gasteiger partial charge is 0.383 e. The number of amides is 1. The Hall–Kier alpha value is -1.96. The van der Waals surface area contributed by atoms with Crippen molar-refractivity contribution in [1.82, 2.24) is 15.0 Å². The summed E-state index contributed by atoms with van der Waals surface area (Å²) in [6.07, 6.45) is 1.76. The minimum atomic E-state index is -0.643. The lowest BCUT2D eigenvalue weighted by molar-refractivity contribution is -0.135. The molecule has 8 heteroatoms. The molecule has 25 heavy (non-hydrogen) atoms. The molecule has 0 bridgehead atoms. The van der Waals surface area contributed by atoms with Gasteiger partial charge < -0.3 is 19.9 Å². The molecule has 1 aliphatic rings. The fraction of sp³-hybridized carbons (Fsp3) is 0.471. The number of likely N-dealkylation sites (tertiary alicyclic amines) is 1.